The number of rotatable bonds is 8. The van der Waals surface area contributed by atoms with E-state index in [4.69, 9.17) is 4.74 Å². The Kier molecular flexibility index (Phi) is 9.23. The number of para-hydroxylation sites is 1. The van der Waals surface area contributed by atoms with Crippen molar-refractivity contribution in [2.75, 3.05) is 23.8 Å². The van der Waals surface area contributed by atoms with Gasteiger partial charge in [-0.3, -0.25) is 24.1 Å². The van der Waals surface area contributed by atoms with E-state index in [-0.39, 0.29) is 36.0 Å². The first-order valence-electron chi connectivity index (χ1n) is 9.94. The maximum Gasteiger partial charge on any atom is 0.326 e. The molecule has 2 rings (SSSR count). The smallest absolute Gasteiger partial charge is 0.326 e. The van der Waals surface area contributed by atoms with E-state index in [9.17, 15) is 19.2 Å². The lowest BCUT2D eigenvalue weighted by molar-refractivity contribution is -0.142. The molecule has 1 heterocycles. The normalized spacial score (nSPS) is 18.1. The number of carbonyl (C=O) groups is 4. The van der Waals surface area contributed by atoms with Crippen molar-refractivity contribution in [3.8, 4) is 0 Å². The van der Waals surface area contributed by atoms with E-state index in [0.717, 1.165) is 23.1 Å². The van der Waals surface area contributed by atoms with Gasteiger partial charge in [0.25, 0.3) is 5.91 Å². The summed E-state index contributed by atoms with van der Waals surface area (Å²) in [6.07, 6.45) is 0.728. The summed E-state index contributed by atoms with van der Waals surface area (Å²) < 4.78 is 5.03. The van der Waals surface area contributed by atoms with Crippen LogP contribution in [0.1, 0.15) is 34.1 Å². The molecule has 9 heteroatoms. The Bertz CT molecular complexity index is 801. The summed E-state index contributed by atoms with van der Waals surface area (Å²) in [6, 6.07) is 6.50. The van der Waals surface area contributed by atoms with E-state index in [2.05, 4.69) is 5.32 Å². The summed E-state index contributed by atoms with van der Waals surface area (Å²) in [5.74, 6) is -0.920. The van der Waals surface area contributed by atoms with E-state index < -0.39 is 17.3 Å². The minimum Gasteiger partial charge on any atom is -0.465 e. The van der Waals surface area contributed by atoms with Crippen LogP contribution in [0.15, 0.2) is 29.2 Å². The lowest BCUT2D eigenvalue weighted by atomic mass is 10.0. The number of ether oxygens (including phenoxy) is 1. The Morgan fingerprint density at radius 1 is 1.30 bits per heavy atom. The predicted molar refractivity (Wildman–Crippen MR) is 120 cm³/mol. The van der Waals surface area contributed by atoms with E-state index in [1.165, 1.54) is 23.6 Å². The van der Waals surface area contributed by atoms with E-state index in [1.54, 1.807) is 19.1 Å². The van der Waals surface area contributed by atoms with Crippen LogP contribution in [0.25, 0.3) is 0 Å². The molecule has 0 fully saturated rings. The van der Waals surface area contributed by atoms with Gasteiger partial charge < -0.3 is 10.1 Å². The van der Waals surface area contributed by atoms with Gasteiger partial charge in [0, 0.05) is 17.6 Å². The highest BCUT2D eigenvalue weighted by Gasteiger charge is 2.35. The number of benzene rings is 1. The number of amides is 2. The van der Waals surface area contributed by atoms with Gasteiger partial charge in [-0.05, 0) is 25.0 Å². The van der Waals surface area contributed by atoms with Gasteiger partial charge in [0.05, 0.1) is 17.5 Å². The minimum absolute atomic E-state index is 0.0275. The Balaban J connectivity index is 2.26. The van der Waals surface area contributed by atoms with Crippen molar-refractivity contribution >= 4 is 52.1 Å². The van der Waals surface area contributed by atoms with Crippen molar-refractivity contribution in [2.45, 2.75) is 50.3 Å². The van der Waals surface area contributed by atoms with Crippen molar-refractivity contribution in [3.63, 3.8) is 0 Å². The molecule has 1 aliphatic heterocycles. The molecule has 1 aliphatic rings. The molecule has 1 aromatic carbocycles. The van der Waals surface area contributed by atoms with E-state index in [0.29, 0.717) is 11.4 Å². The molecule has 0 spiro atoms. The maximum atomic E-state index is 13.3. The second-order valence-electron chi connectivity index (χ2n) is 6.98. The van der Waals surface area contributed by atoms with Crippen LogP contribution in [-0.4, -0.2) is 53.1 Å². The second kappa shape index (κ2) is 11.4. The summed E-state index contributed by atoms with van der Waals surface area (Å²) >= 11 is 2.43. The molecule has 7 nitrogen and oxygen atoms in total. The highest BCUT2D eigenvalue weighted by Crippen LogP contribution is 2.34. The molecule has 0 aromatic heterocycles. The van der Waals surface area contributed by atoms with Gasteiger partial charge in [-0.1, -0.05) is 44.2 Å². The number of nitrogens with one attached hydrogen (secondary N) is 1. The number of carbonyl (C=O) groups excluding carboxylic acids is 4. The van der Waals surface area contributed by atoms with Crippen LogP contribution >= 0.6 is 23.5 Å². The molecule has 0 unspecified atom stereocenters. The van der Waals surface area contributed by atoms with Crippen LogP contribution in [0.5, 0.6) is 0 Å². The van der Waals surface area contributed by atoms with Crippen LogP contribution < -0.4 is 10.2 Å². The summed E-state index contributed by atoms with van der Waals surface area (Å²) in [7, 11) is 0. The van der Waals surface area contributed by atoms with Gasteiger partial charge in [0.15, 0.2) is 5.12 Å². The summed E-state index contributed by atoms with van der Waals surface area (Å²) in [5, 5.41) is 2.10. The van der Waals surface area contributed by atoms with Crippen molar-refractivity contribution in [2.24, 2.45) is 5.92 Å². The molecule has 1 N–H and O–H groups in total. The minimum atomic E-state index is -0.816. The van der Waals surface area contributed by atoms with Crippen LogP contribution in [0, 0.1) is 5.92 Å². The molecule has 3 atom stereocenters. The zero-order valence-corrected chi connectivity index (χ0v) is 19.3. The number of thioether (sulfide) groups is 2. The molecular formula is C21H28N2O5S2. The monoisotopic (exact) mass is 452 g/mol. The zero-order valence-electron chi connectivity index (χ0n) is 17.7. The Hall–Kier alpha value is -2.00. The number of hydrogen-bond donors (Lipinski definition) is 1. The lowest BCUT2D eigenvalue weighted by Gasteiger charge is -2.27. The lowest BCUT2D eigenvalue weighted by Crippen LogP contribution is -2.53. The molecule has 0 radical (unpaired) electrons. The topological polar surface area (TPSA) is 92.8 Å². The molecule has 2 amide bonds. The fourth-order valence-electron chi connectivity index (χ4n) is 3.03. The SMILES string of the molecule is CCOC(=O)CN1C(=O)[C@@H](NC(=O)[C@@H](SC(C)=O)[C@@H](C)CC)CSc2ccccc21. The van der Waals surface area contributed by atoms with E-state index in [1.807, 2.05) is 26.0 Å². The molecule has 0 saturated heterocycles. The van der Waals surface area contributed by atoms with Crippen molar-refractivity contribution < 1.29 is 23.9 Å². The fourth-order valence-corrected chi connectivity index (χ4v) is 5.06. The Morgan fingerprint density at radius 3 is 2.63 bits per heavy atom. The first-order chi connectivity index (χ1) is 14.3. The first-order valence-corrected chi connectivity index (χ1v) is 11.8. The van der Waals surface area contributed by atoms with Crippen LogP contribution in [0.3, 0.4) is 0 Å². The fraction of sp³-hybridized carbons (Fsp3) is 0.524. The summed E-state index contributed by atoms with van der Waals surface area (Å²) in [5.41, 5.74) is 0.619. The average Bonchev–Trinajstić information content (AvgIpc) is 2.83. The summed E-state index contributed by atoms with van der Waals surface area (Å²) in [6.45, 7) is 6.99. The number of nitrogens with zero attached hydrogens (tertiary/aromatic N) is 1. The van der Waals surface area contributed by atoms with Gasteiger partial charge in [-0.2, -0.15) is 0 Å². The first kappa shape index (κ1) is 24.3. The second-order valence-corrected chi connectivity index (χ2v) is 9.37. The van der Waals surface area contributed by atoms with Crippen LogP contribution in [0.2, 0.25) is 0 Å². The molecule has 0 aliphatic carbocycles. The van der Waals surface area contributed by atoms with Crippen molar-refractivity contribution in [3.05, 3.63) is 24.3 Å². The molecule has 1 aromatic rings. The van der Waals surface area contributed by atoms with Gasteiger partial charge in [0.1, 0.15) is 12.6 Å². The maximum absolute atomic E-state index is 13.3. The van der Waals surface area contributed by atoms with Crippen LogP contribution in [-0.2, 0) is 23.9 Å². The predicted octanol–water partition coefficient (Wildman–Crippen LogP) is 2.87. The van der Waals surface area contributed by atoms with Gasteiger partial charge >= 0.3 is 5.97 Å². The number of fused-ring (bicyclic) bond motifs is 1. The molecule has 0 saturated carbocycles. The van der Waals surface area contributed by atoms with Gasteiger partial charge in [0.2, 0.25) is 5.91 Å². The number of hydrogen-bond acceptors (Lipinski definition) is 7. The average molecular weight is 453 g/mol. The van der Waals surface area contributed by atoms with Gasteiger partial charge in [-0.15, -0.1) is 11.8 Å². The van der Waals surface area contributed by atoms with Crippen molar-refractivity contribution in [1.82, 2.24) is 5.32 Å². The third kappa shape index (κ3) is 6.25. The highest BCUT2D eigenvalue weighted by molar-refractivity contribution is 8.14. The Labute approximate surface area is 185 Å². The zero-order chi connectivity index (χ0) is 22.3. The quantitative estimate of drug-likeness (QED) is 0.606. The summed E-state index contributed by atoms with van der Waals surface area (Å²) in [4.78, 5) is 52.2. The molecule has 0 bridgehead atoms. The van der Waals surface area contributed by atoms with E-state index >= 15 is 0 Å². The van der Waals surface area contributed by atoms with Gasteiger partial charge in [-0.25, -0.2) is 0 Å². The molecule has 164 valence electrons. The molecular weight excluding hydrogens is 424 g/mol. The third-order valence-electron chi connectivity index (χ3n) is 4.75. The highest BCUT2D eigenvalue weighted by atomic mass is 32.2. The largest absolute Gasteiger partial charge is 0.465 e. The number of esters is 1. The van der Waals surface area contributed by atoms with Crippen LogP contribution in [0.4, 0.5) is 5.69 Å². The third-order valence-corrected chi connectivity index (χ3v) is 7.17. The standard InChI is InChI=1S/C21H28N2O5S2/c1-5-13(3)19(30-14(4)24)20(26)22-15-12-29-17-10-8-7-9-16(17)23(21(15)27)11-18(25)28-6-2/h7-10,13,15,19H,5-6,11-12H2,1-4H3,(H,22,26)/t13-,15-,19-/m0/s1. The Morgan fingerprint density at radius 2 is 2.00 bits per heavy atom. The molecule has 30 heavy (non-hydrogen) atoms. The van der Waals surface area contributed by atoms with Crippen molar-refractivity contribution in [1.29, 1.82) is 0 Å². The number of anilines is 1.